The van der Waals surface area contributed by atoms with Crippen LogP contribution in [0.3, 0.4) is 0 Å². The van der Waals surface area contributed by atoms with E-state index in [1.165, 1.54) is 0 Å². The van der Waals surface area contributed by atoms with Gasteiger partial charge < -0.3 is 20.4 Å². The summed E-state index contributed by atoms with van der Waals surface area (Å²) < 4.78 is 0. The van der Waals surface area contributed by atoms with Crippen LogP contribution >= 0.6 is 0 Å². The van der Waals surface area contributed by atoms with Gasteiger partial charge in [-0.05, 0) is 53.0 Å². The number of aliphatic hydroxyl groups excluding tert-OH is 1. The summed E-state index contributed by atoms with van der Waals surface area (Å²) >= 11 is 0. The van der Waals surface area contributed by atoms with Crippen molar-refractivity contribution >= 4 is 17.8 Å². The molecule has 0 saturated carbocycles. The monoisotopic (exact) mass is 355 g/mol. The van der Waals surface area contributed by atoms with Crippen molar-refractivity contribution in [3.8, 4) is 0 Å². The molecule has 0 spiro atoms. The molecule has 2 aliphatic heterocycles. The zero-order valence-corrected chi connectivity index (χ0v) is 15.2. The van der Waals surface area contributed by atoms with E-state index in [0.717, 1.165) is 19.4 Å². The summed E-state index contributed by atoms with van der Waals surface area (Å²) in [5.74, 6) is -1.85. The molecule has 0 aromatic heterocycles. The van der Waals surface area contributed by atoms with Gasteiger partial charge in [-0.2, -0.15) is 0 Å². The van der Waals surface area contributed by atoms with Crippen LogP contribution in [0.25, 0.3) is 0 Å². The van der Waals surface area contributed by atoms with Gasteiger partial charge in [0.25, 0.3) is 0 Å². The molecule has 25 heavy (non-hydrogen) atoms. The van der Waals surface area contributed by atoms with Gasteiger partial charge >= 0.3 is 5.97 Å². The first-order valence-electron chi connectivity index (χ1n) is 8.88. The maximum absolute atomic E-state index is 13.0. The Hall–Kier alpha value is -1.67. The summed E-state index contributed by atoms with van der Waals surface area (Å²) in [5.41, 5.74) is -0.125. The predicted octanol–water partition coefficient (Wildman–Crippen LogP) is -0.198. The minimum atomic E-state index is -1.34. The van der Waals surface area contributed by atoms with Crippen LogP contribution in [0.1, 0.15) is 46.5 Å². The van der Waals surface area contributed by atoms with Crippen molar-refractivity contribution in [2.24, 2.45) is 0 Å². The lowest BCUT2D eigenvalue weighted by Gasteiger charge is -2.38. The number of carboxylic acid groups (broad SMARTS) is 1. The number of carbonyl (C=O) groups excluding carboxylic acids is 2. The second-order valence-corrected chi connectivity index (χ2v) is 7.79. The Kier molecular flexibility index (Phi) is 6.05. The maximum atomic E-state index is 13.0. The van der Waals surface area contributed by atoms with E-state index in [0.29, 0.717) is 19.4 Å². The standard InChI is InChI=1S/C17H29N3O5/c1-17(2,3)20-9-5-7-13(20)15(23)19-8-4-6-12(19)14(22)18-11(10-21)16(24)25/h11-13,21H,4-10H2,1-3H3,(H,18,22)(H,24,25)/t11-,12-,13-/m0/s1. The van der Waals surface area contributed by atoms with Crippen molar-refractivity contribution in [3.63, 3.8) is 0 Å². The highest BCUT2D eigenvalue weighted by Crippen LogP contribution is 2.30. The molecular formula is C17H29N3O5. The van der Waals surface area contributed by atoms with E-state index in [9.17, 15) is 14.4 Å². The Morgan fingerprint density at radius 3 is 2.28 bits per heavy atom. The number of nitrogens with zero attached hydrogens (tertiary/aromatic N) is 2. The Bertz CT molecular complexity index is 531. The summed E-state index contributed by atoms with van der Waals surface area (Å²) in [6.45, 7) is 6.91. The van der Waals surface area contributed by atoms with Crippen LogP contribution in [-0.4, -0.2) is 81.2 Å². The molecule has 2 heterocycles. The first-order valence-corrected chi connectivity index (χ1v) is 8.88. The minimum absolute atomic E-state index is 0.0547. The molecular weight excluding hydrogens is 326 g/mol. The molecule has 0 bridgehead atoms. The molecule has 2 fully saturated rings. The molecule has 142 valence electrons. The van der Waals surface area contributed by atoms with Crippen molar-refractivity contribution in [3.05, 3.63) is 0 Å². The molecule has 8 heteroatoms. The third-order valence-corrected chi connectivity index (χ3v) is 5.04. The number of amides is 2. The van der Waals surface area contributed by atoms with Gasteiger partial charge in [-0.25, -0.2) is 4.79 Å². The normalized spacial score (nSPS) is 25.8. The SMILES string of the molecule is CC(C)(C)N1CCC[C@H]1C(=O)N1CCC[C@H]1C(=O)N[C@@H](CO)C(=O)O. The van der Waals surface area contributed by atoms with Crippen LogP contribution < -0.4 is 5.32 Å². The zero-order valence-electron chi connectivity index (χ0n) is 15.2. The number of likely N-dealkylation sites (tertiary alicyclic amines) is 2. The smallest absolute Gasteiger partial charge is 0.328 e. The quantitative estimate of drug-likeness (QED) is 0.630. The average Bonchev–Trinajstić information content (AvgIpc) is 3.19. The van der Waals surface area contributed by atoms with Gasteiger partial charge in [0.2, 0.25) is 11.8 Å². The highest BCUT2D eigenvalue weighted by atomic mass is 16.4. The first-order chi connectivity index (χ1) is 11.7. The van der Waals surface area contributed by atoms with E-state index in [1.807, 2.05) is 0 Å². The van der Waals surface area contributed by atoms with Crippen LogP contribution in [0.15, 0.2) is 0 Å². The Morgan fingerprint density at radius 1 is 1.12 bits per heavy atom. The number of carbonyl (C=O) groups is 3. The fraction of sp³-hybridized carbons (Fsp3) is 0.824. The van der Waals surface area contributed by atoms with E-state index in [2.05, 4.69) is 31.0 Å². The van der Waals surface area contributed by atoms with Gasteiger partial charge in [0.15, 0.2) is 0 Å². The fourth-order valence-electron chi connectivity index (χ4n) is 3.77. The summed E-state index contributed by atoms with van der Waals surface area (Å²) in [7, 11) is 0. The highest BCUT2D eigenvalue weighted by molar-refractivity contribution is 5.92. The van der Waals surface area contributed by atoms with Gasteiger partial charge in [-0.1, -0.05) is 0 Å². The fourth-order valence-corrected chi connectivity index (χ4v) is 3.77. The summed E-state index contributed by atoms with van der Waals surface area (Å²) in [5, 5.41) is 20.4. The van der Waals surface area contributed by atoms with E-state index in [4.69, 9.17) is 10.2 Å². The first kappa shape index (κ1) is 19.7. The lowest BCUT2D eigenvalue weighted by atomic mass is 10.0. The highest BCUT2D eigenvalue weighted by Gasteiger charge is 2.43. The van der Waals surface area contributed by atoms with Crippen LogP contribution in [0.2, 0.25) is 0 Å². The van der Waals surface area contributed by atoms with E-state index in [1.54, 1.807) is 4.90 Å². The molecule has 2 amide bonds. The van der Waals surface area contributed by atoms with E-state index in [-0.39, 0.29) is 17.5 Å². The largest absolute Gasteiger partial charge is 0.480 e. The van der Waals surface area contributed by atoms with Crippen molar-refractivity contribution in [2.45, 2.75) is 70.1 Å². The number of hydrogen-bond acceptors (Lipinski definition) is 5. The van der Waals surface area contributed by atoms with Gasteiger partial charge in [0.1, 0.15) is 12.1 Å². The Morgan fingerprint density at radius 2 is 1.72 bits per heavy atom. The van der Waals surface area contributed by atoms with Crippen molar-refractivity contribution in [2.75, 3.05) is 19.7 Å². The molecule has 0 radical (unpaired) electrons. The average molecular weight is 355 g/mol. The maximum Gasteiger partial charge on any atom is 0.328 e. The van der Waals surface area contributed by atoms with Gasteiger partial charge in [0, 0.05) is 12.1 Å². The zero-order chi connectivity index (χ0) is 18.8. The van der Waals surface area contributed by atoms with Crippen molar-refractivity contribution in [1.82, 2.24) is 15.1 Å². The van der Waals surface area contributed by atoms with Gasteiger partial charge in [-0.15, -0.1) is 0 Å². The van der Waals surface area contributed by atoms with Crippen LogP contribution in [0, 0.1) is 0 Å². The van der Waals surface area contributed by atoms with E-state index < -0.39 is 30.6 Å². The Balaban J connectivity index is 2.08. The predicted molar refractivity (Wildman–Crippen MR) is 90.9 cm³/mol. The van der Waals surface area contributed by atoms with Crippen LogP contribution in [-0.2, 0) is 14.4 Å². The molecule has 0 aromatic rings. The topological polar surface area (TPSA) is 110 Å². The number of aliphatic hydroxyl groups is 1. The number of rotatable bonds is 5. The molecule has 2 rings (SSSR count). The van der Waals surface area contributed by atoms with Crippen molar-refractivity contribution in [1.29, 1.82) is 0 Å². The summed E-state index contributed by atoms with van der Waals surface area (Å²) in [4.78, 5) is 40.2. The second kappa shape index (κ2) is 7.70. The molecule has 0 aromatic carbocycles. The number of carboxylic acids is 1. The third-order valence-electron chi connectivity index (χ3n) is 5.04. The molecule has 8 nitrogen and oxygen atoms in total. The van der Waals surface area contributed by atoms with Crippen LogP contribution in [0.5, 0.6) is 0 Å². The van der Waals surface area contributed by atoms with Crippen LogP contribution in [0.4, 0.5) is 0 Å². The number of nitrogens with one attached hydrogen (secondary N) is 1. The molecule has 2 saturated heterocycles. The van der Waals surface area contributed by atoms with Gasteiger partial charge in [0.05, 0.1) is 12.6 Å². The lowest BCUT2D eigenvalue weighted by Crippen LogP contribution is -2.56. The second-order valence-electron chi connectivity index (χ2n) is 7.79. The molecule has 3 N–H and O–H groups in total. The number of aliphatic carboxylic acids is 1. The molecule has 0 aliphatic carbocycles. The molecule has 2 aliphatic rings. The number of hydrogen-bond donors (Lipinski definition) is 3. The molecule has 3 atom stereocenters. The summed E-state index contributed by atoms with van der Waals surface area (Å²) in [6, 6.07) is -2.24. The summed E-state index contributed by atoms with van der Waals surface area (Å²) in [6.07, 6.45) is 2.94. The Labute approximate surface area is 148 Å². The minimum Gasteiger partial charge on any atom is -0.480 e. The van der Waals surface area contributed by atoms with Gasteiger partial charge in [-0.3, -0.25) is 14.5 Å². The third kappa shape index (κ3) is 4.30. The van der Waals surface area contributed by atoms with E-state index >= 15 is 0 Å². The lowest BCUT2D eigenvalue weighted by molar-refractivity contribution is -0.146. The van der Waals surface area contributed by atoms with Crippen molar-refractivity contribution < 1.29 is 24.6 Å². The molecule has 0 unspecified atom stereocenters.